The van der Waals surface area contributed by atoms with Gasteiger partial charge in [0.2, 0.25) is 5.69 Å². The van der Waals surface area contributed by atoms with Crippen molar-refractivity contribution in [3.05, 3.63) is 127 Å². The number of aryl methyl sites for hydroxylation is 2. The third-order valence-electron chi connectivity index (χ3n) is 5.43. The summed E-state index contributed by atoms with van der Waals surface area (Å²) in [5.41, 5.74) is 1.03. The van der Waals surface area contributed by atoms with Crippen LogP contribution in [0, 0.1) is 19.7 Å². The van der Waals surface area contributed by atoms with E-state index in [4.69, 9.17) is 0 Å². The first-order valence-corrected chi connectivity index (χ1v) is 10.7. The lowest BCUT2D eigenvalue weighted by Crippen LogP contribution is -2.46. The van der Waals surface area contributed by atoms with Gasteiger partial charge in [0.05, 0.1) is 12.2 Å². The molecule has 0 spiro atoms. The summed E-state index contributed by atoms with van der Waals surface area (Å²) in [5, 5.41) is 6.70. The summed E-state index contributed by atoms with van der Waals surface area (Å²) < 4.78 is 16.1. The van der Waals surface area contributed by atoms with E-state index in [0.717, 1.165) is 26.4 Å². The van der Waals surface area contributed by atoms with E-state index in [1.807, 2.05) is 49.4 Å². The molecule has 172 valence electrons. The summed E-state index contributed by atoms with van der Waals surface area (Å²) in [7, 11) is 0. The lowest BCUT2D eigenvalue weighted by Gasteiger charge is -2.13. The fraction of sp³-hybridized carbons (Fsp3) is 0.154. The van der Waals surface area contributed by atoms with Crippen molar-refractivity contribution in [3.63, 3.8) is 0 Å². The fourth-order valence-electron chi connectivity index (χ4n) is 3.42. The molecule has 8 heteroatoms. The number of halogens is 1. The van der Waals surface area contributed by atoms with Gasteiger partial charge >= 0.3 is 5.69 Å². The average molecular weight is 458 g/mol. The predicted octanol–water partition coefficient (Wildman–Crippen LogP) is 3.13. The van der Waals surface area contributed by atoms with E-state index in [1.54, 1.807) is 19.1 Å². The van der Waals surface area contributed by atoms with Crippen LogP contribution in [-0.2, 0) is 13.1 Å². The Hall–Kier alpha value is -4.33. The summed E-state index contributed by atoms with van der Waals surface area (Å²) in [6.45, 7) is 3.64. The second kappa shape index (κ2) is 9.66. The SMILES string of the molecule is Cc1ccc(Cn2c(=O)c(C(=O)NCc3ccccc3)nn(-c3ccc(C)c(F)c3)c2=O)cc1. The lowest BCUT2D eigenvalue weighted by atomic mass is 10.1. The molecule has 1 N–H and O–H groups in total. The Bertz CT molecular complexity index is 1460. The third-order valence-corrected chi connectivity index (χ3v) is 5.43. The van der Waals surface area contributed by atoms with E-state index in [9.17, 15) is 18.8 Å². The van der Waals surface area contributed by atoms with E-state index in [0.29, 0.717) is 11.1 Å². The molecule has 4 rings (SSSR count). The first kappa shape index (κ1) is 22.8. The van der Waals surface area contributed by atoms with E-state index in [1.165, 1.54) is 12.1 Å². The van der Waals surface area contributed by atoms with Gasteiger partial charge in [-0.25, -0.2) is 9.18 Å². The van der Waals surface area contributed by atoms with E-state index >= 15 is 0 Å². The topological polar surface area (TPSA) is 86.0 Å². The van der Waals surface area contributed by atoms with E-state index in [2.05, 4.69) is 10.4 Å². The monoisotopic (exact) mass is 458 g/mol. The lowest BCUT2D eigenvalue weighted by molar-refractivity contribution is 0.0941. The van der Waals surface area contributed by atoms with Gasteiger partial charge in [-0.05, 0) is 36.6 Å². The Morgan fingerprint density at radius 1 is 0.941 bits per heavy atom. The molecule has 0 fully saturated rings. The molecule has 7 nitrogen and oxygen atoms in total. The van der Waals surface area contributed by atoms with Crippen molar-refractivity contribution in [1.82, 2.24) is 19.7 Å². The molecule has 1 heterocycles. The maximum absolute atomic E-state index is 14.2. The molecule has 1 amide bonds. The van der Waals surface area contributed by atoms with E-state index < -0.39 is 28.7 Å². The van der Waals surface area contributed by atoms with Gasteiger partial charge in [-0.1, -0.05) is 66.2 Å². The van der Waals surface area contributed by atoms with Gasteiger partial charge < -0.3 is 5.32 Å². The zero-order valence-corrected chi connectivity index (χ0v) is 18.8. The molecule has 0 radical (unpaired) electrons. The Labute approximate surface area is 195 Å². The number of carbonyl (C=O) groups excluding carboxylic acids is 1. The number of carbonyl (C=O) groups is 1. The largest absolute Gasteiger partial charge is 0.352 e. The molecule has 1 aromatic heterocycles. The number of hydrogen-bond donors (Lipinski definition) is 1. The molecular formula is C26H23FN4O3. The second-order valence-electron chi connectivity index (χ2n) is 8.02. The molecule has 0 atom stereocenters. The van der Waals surface area contributed by atoms with Crippen molar-refractivity contribution in [2.24, 2.45) is 0 Å². The number of rotatable bonds is 6. The van der Waals surface area contributed by atoms with E-state index in [-0.39, 0.29) is 18.8 Å². The molecule has 0 unspecified atom stereocenters. The highest BCUT2D eigenvalue weighted by molar-refractivity contribution is 5.91. The quantitative estimate of drug-likeness (QED) is 0.481. The zero-order chi connectivity index (χ0) is 24.2. The summed E-state index contributed by atoms with van der Waals surface area (Å²) >= 11 is 0. The number of amides is 1. The molecule has 0 saturated carbocycles. The molecule has 0 aliphatic heterocycles. The summed E-state index contributed by atoms with van der Waals surface area (Å²) in [4.78, 5) is 39.3. The predicted molar refractivity (Wildman–Crippen MR) is 127 cm³/mol. The van der Waals surface area contributed by atoms with Crippen LogP contribution in [0.25, 0.3) is 5.69 Å². The van der Waals surface area contributed by atoms with Gasteiger partial charge in [0.25, 0.3) is 11.5 Å². The van der Waals surface area contributed by atoms with Gasteiger partial charge in [-0.3, -0.25) is 14.2 Å². The maximum Gasteiger partial charge on any atom is 0.352 e. The Morgan fingerprint density at radius 2 is 1.65 bits per heavy atom. The maximum atomic E-state index is 14.2. The Kier molecular flexibility index (Phi) is 6.49. The van der Waals surface area contributed by atoms with Crippen LogP contribution in [0.3, 0.4) is 0 Å². The van der Waals surface area contributed by atoms with Crippen LogP contribution in [0.2, 0.25) is 0 Å². The second-order valence-corrected chi connectivity index (χ2v) is 8.02. The Morgan fingerprint density at radius 3 is 2.32 bits per heavy atom. The molecule has 0 saturated heterocycles. The van der Waals surface area contributed by atoms with Gasteiger partial charge in [-0.15, -0.1) is 0 Å². The minimum absolute atomic E-state index is 0.0617. The molecular weight excluding hydrogens is 435 g/mol. The summed E-state index contributed by atoms with van der Waals surface area (Å²) in [6.07, 6.45) is 0. The first-order chi connectivity index (χ1) is 16.3. The number of benzene rings is 3. The highest BCUT2D eigenvalue weighted by atomic mass is 19.1. The smallest absolute Gasteiger partial charge is 0.346 e. The van der Waals surface area contributed by atoms with Crippen LogP contribution in [0.15, 0.2) is 82.4 Å². The van der Waals surface area contributed by atoms with Crippen molar-refractivity contribution in [1.29, 1.82) is 0 Å². The highest BCUT2D eigenvalue weighted by Gasteiger charge is 2.21. The fourth-order valence-corrected chi connectivity index (χ4v) is 3.42. The van der Waals surface area contributed by atoms with Gasteiger partial charge in [0.15, 0.2) is 0 Å². The van der Waals surface area contributed by atoms with Crippen molar-refractivity contribution in [2.45, 2.75) is 26.9 Å². The standard InChI is InChI=1S/C26H23FN4O3/c1-17-8-11-20(12-9-17)16-30-25(33)23(24(32)28-15-19-6-4-3-5-7-19)29-31(26(30)34)21-13-10-18(2)22(27)14-21/h3-14H,15-16H2,1-2H3,(H,28,32). The van der Waals surface area contributed by atoms with Crippen LogP contribution in [-0.4, -0.2) is 20.3 Å². The van der Waals surface area contributed by atoms with Gasteiger partial charge in [0, 0.05) is 12.6 Å². The first-order valence-electron chi connectivity index (χ1n) is 10.7. The Balaban J connectivity index is 1.80. The summed E-state index contributed by atoms with van der Waals surface area (Å²) in [5.74, 6) is -1.26. The number of hydrogen-bond acceptors (Lipinski definition) is 4. The van der Waals surface area contributed by atoms with Crippen molar-refractivity contribution in [2.75, 3.05) is 0 Å². The molecule has 0 aliphatic carbocycles. The highest BCUT2D eigenvalue weighted by Crippen LogP contribution is 2.11. The van der Waals surface area contributed by atoms with Crippen LogP contribution in [0.1, 0.15) is 32.7 Å². The number of aromatic nitrogens is 3. The van der Waals surface area contributed by atoms with Gasteiger partial charge in [-0.2, -0.15) is 9.78 Å². The normalized spacial score (nSPS) is 10.8. The molecule has 4 aromatic rings. The van der Waals surface area contributed by atoms with Crippen molar-refractivity contribution < 1.29 is 9.18 Å². The average Bonchev–Trinajstić information content (AvgIpc) is 2.84. The number of nitrogens with zero attached hydrogens (tertiary/aromatic N) is 3. The molecule has 3 aromatic carbocycles. The number of nitrogens with one attached hydrogen (secondary N) is 1. The van der Waals surface area contributed by atoms with Crippen LogP contribution in [0.5, 0.6) is 0 Å². The van der Waals surface area contributed by atoms with Crippen molar-refractivity contribution in [3.8, 4) is 5.69 Å². The minimum atomic E-state index is -0.819. The van der Waals surface area contributed by atoms with Crippen LogP contribution < -0.4 is 16.6 Å². The molecule has 34 heavy (non-hydrogen) atoms. The summed E-state index contributed by atoms with van der Waals surface area (Å²) in [6, 6.07) is 20.7. The third kappa shape index (κ3) is 4.85. The zero-order valence-electron chi connectivity index (χ0n) is 18.8. The van der Waals surface area contributed by atoms with Crippen LogP contribution >= 0.6 is 0 Å². The minimum Gasteiger partial charge on any atom is -0.346 e. The molecule has 0 bridgehead atoms. The van der Waals surface area contributed by atoms with Crippen LogP contribution in [0.4, 0.5) is 4.39 Å². The molecule has 0 aliphatic rings. The van der Waals surface area contributed by atoms with Gasteiger partial charge in [0.1, 0.15) is 5.82 Å². The van der Waals surface area contributed by atoms with Crippen molar-refractivity contribution >= 4 is 5.91 Å².